The van der Waals surface area contributed by atoms with Crippen LogP contribution in [0.2, 0.25) is 10.0 Å². The molecule has 0 saturated carbocycles. The first-order chi connectivity index (χ1) is 14.1. The van der Waals surface area contributed by atoms with Crippen LogP contribution in [-0.4, -0.2) is 13.3 Å². The molecule has 1 N–H and O–H groups in total. The van der Waals surface area contributed by atoms with Gasteiger partial charge in [-0.05, 0) is 57.9 Å². The maximum absolute atomic E-state index is 6.19. The maximum Gasteiger partial charge on any atom is 0.134 e. The van der Waals surface area contributed by atoms with Crippen molar-refractivity contribution < 1.29 is 9.47 Å². The molecule has 0 heterocycles. The molecule has 4 nitrogen and oxygen atoms in total. The molecule has 0 bridgehead atoms. The number of hydrogen-bond donors (Lipinski definition) is 1. The average molecular weight is 494 g/mol. The lowest BCUT2D eigenvalue weighted by Gasteiger charge is -2.10. The SMILES string of the molecule is COc1ccccc1CN/N=C/c1ccc(OCc2ccc(Cl)cc2Cl)c(Br)c1. The maximum atomic E-state index is 6.19. The number of benzene rings is 3. The molecule has 0 saturated heterocycles. The van der Waals surface area contributed by atoms with Crippen molar-refractivity contribution in [2.24, 2.45) is 5.10 Å². The van der Waals surface area contributed by atoms with Crippen LogP contribution in [0.4, 0.5) is 0 Å². The van der Waals surface area contributed by atoms with Gasteiger partial charge in [0, 0.05) is 21.2 Å². The van der Waals surface area contributed by atoms with E-state index < -0.39 is 0 Å². The van der Waals surface area contributed by atoms with Crippen molar-refractivity contribution in [3.8, 4) is 11.5 Å². The van der Waals surface area contributed by atoms with E-state index in [1.165, 1.54) is 0 Å². The van der Waals surface area contributed by atoms with Crippen molar-refractivity contribution in [1.82, 2.24) is 5.43 Å². The van der Waals surface area contributed by atoms with Crippen molar-refractivity contribution in [3.63, 3.8) is 0 Å². The van der Waals surface area contributed by atoms with Crippen LogP contribution in [0.15, 0.2) is 70.2 Å². The molecule has 0 amide bonds. The Morgan fingerprint density at radius 3 is 2.59 bits per heavy atom. The largest absolute Gasteiger partial charge is 0.496 e. The molecule has 0 aliphatic rings. The molecule has 0 aliphatic carbocycles. The summed E-state index contributed by atoms with van der Waals surface area (Å²) in [5.74, 6) is 1.55. The third kappa shape index (κ3) is 6.13. The minimum atomic E-state index is 0.350. The number of halogens is 3. The average Bonchev–Trinajstić information content (AvgIpc) is 2.72. The van der Waals surface area contributed by atoms with Crippen LogP contribution in [0.1, 0.15) is 16.7 Å². The number of methoxy groups -OCH3 is 1. The normalized spacial score (nSPS) is 10.9. The highest BCUT2D eigenvalue weighted by Crippen LogP contribution is 2.28. The second-order valence-corrected chi connectivity index (χ2v) is 7.82. The lowest BCUT2D eigenvalue weighted by molar-refractivity contribution is 0.304. The van der Waals surface area contributed by atoms with Crippen LogP contribution in [0, 0.1) is 0 Å². The Labute approximate surface area is 188 Å². The van der Waals surface area contributed by atoms with Gasteiger partial charge in [0.2, 0.25) is 0 Å². The molecule has 0 fully saturated rings. The van der Waals surface area contributed by atoms with E-state index in [0.717, 1.165) is 32.7 Å². The van der Waals surface area contributed by atoms with Gasteiger partial charge >= 0.3 is 0 Å². The Kier molecular flexibility index (Phi) is 7.81. The number of hydrazone groups is 1. The molecule has 3 aromatic carbocycles. The Balaban J connectivity index is 1.56. The minimum absolute atomic E-state index is 0.350. The Bertz CT molecular complexity index is 1010. The van der Waals surface area contributed by atoms with E-state index in [0.29, 0.717) is 23.2 Å². The second-order valence-electron chi connectivity index (χ2n) is 6.12. The number of rotatable bonds is 8. The summed E-state index contributed by atoms with van der Waals surface area (Å²) in [6.07, 6.45) is 1.75. The van der Waals surface area contributed by atoms with Gasteiger partial charge in [-0.25, -0.2) is 0 Å². The number of ether oxygens (including phenoxy) is 2. The molecule has 29 heavy (non-hydrogen) atoms. The molecule has 3 aromatic rings. The Hall–Kier alpha value is -2.21. The first kappa shape index (κ1) is 21.5. The van der Waals surface area contributed by atoms with Gasteiger partial charge in [-0.15, -0.1) is 0 Å². The first-order valence-corrected chi connectivity index (χ1v) is 10.4. The number of para-hydroxylation sites is 1. The summed E-state index contributed by atoms with van der Waals surface area (Å²) >= 11 is 15.6. The van der Waals surface area contributed by atoms with Crippen molar-refractivity contribution >= 4 is 45.3 Å². The molecule has 7 heteroatoms. The zero-order valence-electron chi connectivity index (χ0n) is 15.7. The summed E-state index contributed by atoms with van der Waals surface area (Å²) in [5, 5.41) is 5.46. The van der Waals surface area contributed by atoms with Crippen LogP contribution < -0.4 is 14.9 Å². The van der Waals surface area contributed by atoms with Crippen LogP contribution in [-0.2, 0) is 13.2 Å². The fraction of sp³-hybridized carbons (Fsp3) is 0.136. The van der Waals surface area contributed by atoms with E-state index in [1.54, 1.807) is 25.5 Å². The Morgan fingerprint density at radius 1 is 1.00 bits per heavy atom. The predicted molar refractivity (Wildman–Crippen MR) is 122 cm³/mol. The molecule has 0 unspecified atom stereocenters. The van der Waals surface area contributed by atoms with Gasteiger partial charge in [0.25, 0.3) is 0 Å². The summed E-state index contributed by atoms with van der Waals surface area (Å²) in [6, 6.07) is 18.9. The Morgan fingerprint density at radius 2 is 1.83 bits per heavy atom. The molecule has 0 radical (unpaired) electrons. The van der Waals surface area contributed by atoms with Gasteiger partial charge < -0.3 is 14.9 Å². The van der Waals surface area contributed by atoms with E-state index in [-0.39, 0.29) is 0 Å². The zero-order valence-corrected chi connectivity index (χ0v) is 18.8. The lowest BCUT2D eigenvalue weighted by atomic mass is 10.2. The molecule has 0 aliphatic heterocycles. The van der Waals surface area contributed by atoms with Gasteiger partial charge in [0.1, 0.15) is 18.1 Å². The van der Waals surface area contributed by atoms with Crippen LogP contribution in [0.3, 0.4) is 0 Å². The highest BCUT2D eigenvalue weighted by molar-refractivity contribution is 9.10. The predicted octanol–water partition coefficient (Wildman–Crippen LogP) is 6.47. The van der Waals surface area contributed by atoms with Crippen molar-refractivity contribution in [3.05, 3.63) is 91.9 Å². The van der Waals surface area contributed by atoms with Crippen LogP contribution >= 0.6 is 39.1 Å². The first-order valence-electron chi connectivity index (χ1n) is 8.81. The van der Waals surface area contributed by atoms with E-state index in [9.17, 15) is 0 Å². The monoisotopic (exact) mass is 492 g/mol. The molecular weight excluding hydrogens is 475 g/mol. The topological polar surface area (TPSA) is 42.8 Å². The quantitative estimate of drug-likeness (QED) is 0.289. The molecule has 150 valence electrons. The summed E-state index contributed by atoms with van der Waals surface area (Å²) in [4.78, 5) is 0. The standard InChI is InChI=1S/C22H19BrCl2N2O2/c1-28-21-5-3-2-4-16(21)13-27-26-12-15-6-9-22(19(23)10-15)29-14-17-7-8-18(24)11-20(17)25/h2-12,27H,13-14H2,1H3/b26-12+. The van der Waals surface area contributed by atoms with Crippen molar-refractivity contribution in [2.75, 3.05) is 7.11 Å². The van der Waals surface area contributed by atoms with Crippen molar-refractivity contribution in [2.45, 2.75) is 13.2 Å². The minimum Gasteiger partial charge on any atom is -0.496 e. The third-order valence-corrected chi connectivity index (χ3v) is 5.33. The molecular formula is C22H19BrCl2N2O2. The molecule has 3 rings (SSSR count). The van der Waals surface area contributed by atoms with Gasteiger partial charge in [-0.3, -0.25) is 0 Å². The van der Waals surface area contributed by atoms with Crippen LogP contribution in [0.25, 0.3) is 0 Å². The highest BCUT2D eigenvalue weighted by atomic mass is 79.9. The fourth-order valence-corrected chi connectivity index (χ4v) is 3.58. The molecule has 0 aromatic heterocycles. The van der Waals surface area contributed by atoms with Crippen LogP contribution in [0.5, 0.6) is 11.5 Å². The summed E-state index contributed by atoms with van der Waals surface area (Å²) in [5.41, 5.74) is 5.87. The van der Waals surface area contributed by atoms with E-state index in [2.05, 4.69) is 26.5 Å². The fourth-order valence-electron chi connectivity index (χ4n) is 2.61. The summed E-state index contributed by atoms with van der Waals surface area (Å²) in [7, 11) is 1.66. The smallest absolute Gasteiger partial charge is 0.134 e. The highest BCUT2D eigenvalue weighted by Gasteiger charge is 2.06. The van der Waals surface area contributed by atoms with Gasteiger partial charge in [-0.1, -0.05) is 47.5 Å². The van der Waals surface area contributed by atoms with E-state index in [1.807, 2.05) is 48.5 Å². The lowest BCUT2D eigenvalue weighted by Crippen LogP contribution is -2.06. The summed E-state index contributed by atoms with van der Waals surface area (Å²) in [6.45, 7) is 0.924. The number of hydrogen-bond acceptors (Lipinski definition) is 4. The summed E-state index contributed by atoms with van der Waals surface area (Å²) < 4.78 is 12.0. The van der Waals surface area contributed by atoms with E-state index in [4.69, 9.17) is 32.7 Å². The van der Waals surface area contributed by atoms with Gasteiger partial charge in [0.15, 0.2) is 0 Å². The zero-order chi connectivity index (χ0) is 20.6. The van der Waals surface area contributed by atoms with Crippen molar-refractivity contribution in [1.29, 1.82) is 0 Å². The number of nitrogens with zero attached hydrogens (tertiary/aromatic N) is 1. The van der Waals surface area contributed by atoms with Gasteiger partial charge in [0.05, 0.1) is 24.3 Å². The second kappa shape index (κ2) is 10.5. The number of nitrogens with one attached hydrogen (secondary N) is 1. The van der Waals surface area contributed by atoms with Gasteiger partial charge in [-0.2, -0.15) is 5.10 Å². The molecule has 0 spiro atoms. The third-order valence-electron chi connectivity index (χ3n) is 4.12. The van der Waals surface area contributed by atoms with E-state index >= 15 is 0 Å². The molecule has 0 atom stereocenters.